The minimum Gasteiger partial charge on any atom is -0.267 e. The molecule has 0 fully saturated rings. The van der Waals surface area contributed by atoms with Crippen LogP contribution in [0, 0.1) is 29.9 Å². The normalized spacial score (nSPS) is 11.4. The Balaban J connectivity index is 2.24. The summed E-state index contributed by atoms with van der Waals surface area (Å²) in [6, 6.07) is 8.28. The van der Waals surface area contributed by atoms with E-state index in [0.717, 1.165) is 23.5 Å². The van der Waals surface area contributed by atoms with E-state index in [0.29, 0.717) is 16.8 Å². The van der Waals surface area contributed by atoms with E-state index >= 15 is 0 Å². The topological polar surface area (TPSA) is 106 Å². The molecule has 0 atom stereocenters. The maximum Gasteiger partial charge on any atom is 0.312 e. The first-order valence-corrected chi connectivity index (χ1v) is 9.80. The van der Waals surface area contributed by atoms with Crippen molar-refractivity contribution in [1.29, 1.82) is 5.26 Å². The molecule has 1 heterocycles. The summed E-state index contributed by atoms with van der Waals surface area (Å²) < 4.78 is 52.2. The molecular formula is C17H11F2N3O3S2. The summed E-state index contributed by atoms with van der Waals surface area (Å²) in [5.41, 5.74) is 1.61. The van der Waals surface area contributed by atoms with Crippen molar-refractivity contribution in [3.05, 3.63) is 68.1 Å². The number of nitriles is 1. The van der Waals surface area contributed by atoms with Crippen LogP contribution in [0.2, 0.25) is 0 Å². The van der Waals surface area contributed by atoms with Gasteiger partial charge in [-0.25, -0.2) is 22.3 Å². The third-order valence-corrected chi connectivity index (χ3v) is 5.55. The number of thiazole rings is 1. The lowest BCUT2D eigenvalue weighted by molar-refractivity contribution is 0.520. The quantitative estimate of drug-likeness (QED) is 0.720. The van der Waals surface area contributed by atoms with Crippen molar-refractivity contribution >= 4 is 21.4 Å². The van der Waals surface area contributed by atoms with E-state index in [1.54, 1.807) is 13.0 Å². The molecule has 3 aromatic rings. The van der Waals surface area contributed by atoms with E-state index in [1.807, 2.05) is 6.07 Å². The fraction of sp³-hybridized carbons (Fsp3) is 0.0588. The first kappa shape index (κ1) is 18.9. The smallest absolute Gasteiger partial charge is 0.267 e. The van der Waals surface area contributed by atoms with Gasteiger partial charge in [0.25, 0.3) is 0 Å². The highest BCUT2D eigenvalue weighted by Gasteiger charge is 2.23. The lowest BCUT2D eigenvalue weighted by Gasteiger charge is -2.11. The monoisotopic (exact) mass is 407 g/mol. The first-order valence-electron chi connectivity index (χ1n) is 7.37. The van der Waals surface area contributed by atoms with Crippen molar-refractivity contribution in [1.82, 2.24) is 4.57 Å². The molecule has 0 aliphatic heterocycles. The minimum absolute atomic E-state index is 0.0298. The van der Waals surface area contributed by atoms with Crippen molar-refractivity contribution in [2.75, 3.05) is 0 Å². The molecule has 6 nitrogen and oxygen atoms in total. The van der Waals surface area contributed by atoms with Gasteiger partial charge in [-0.2, -0.15) is 5.26 Å². The molecule has 10 heteroatoms. The Morgan fingerprint density at radius 1 is 1.19 bits per heavy atom. The molecule has 0 aliphatic rings. The van der Waals surface area contributed by atoms with Crippen LogP contribution in [0.25, 0.3) is 16.9 Å². The third-order valence-electron chi connectivity index (χ3n) is 3.86. The highest BCUT2D eigenvalue weighted by Crippen LogP contribution is 2.29. The van der Waals surface area contributed by atoms with Crippen LogP contribution in [0.15, 0.2) is 45.4 Å². The predicted octanol–water partition coefficient (Wildman–Crippen LogP) is 2.67. The van der Waals surface area contributed by atoms with Crippen LogP contribution in [-0.4, -0.2) is 13.0 Å². The summed E-state index contributed by atoms with van der Waals surface area (Å²) in [7, 11) is -4.58. The Labute approximate surface area is 156 Å². The largest absolute Gasteiger partial charge is 0.312 e. The van der Waals surface area contributed by atoms with Gasteiger partial charge in [0, 0.05) is 10.9 Å². The maximum absolute atomic E-state index is 14.2. The zero-order valence-electron chi connectivity index (χ0n) is 13.7. The second-order valence-electron chi connectivity index (χ2n) is 5.65. The molecule has 0 bridgehead atoms. The van der Waals surface area contributed by atoms with Crippen molar-refractivity contribution in [3.63, 3.8) is 0 Å². The number of nitrogens with two attached hydrogens (primary N) is 1. The second kappa shape index (κ2) is 6.70. The van der Waals surface area contributed by atoms with E-state index in [-0.39, 0.29) is 11.3 Å². The number of primary sulfonamides is 1. The number of sulfonamides is 1. The van der Waals surface area contributed by atoms with E-state index in [4.69, 9.17) is 10.4 Å². The summed E-state index contributed by atoms with van der Waals surface area (Å²) in [6.45, 7) is 1.69. The molecule has 0 saturated carbocycles. The summed E-state index contributed by atoms with van der Waals surface area (Å²) >= 11 is 0.813. The van der Waals surface area contributed by atoms with Gasteiger partial charge in [-0.3, -0.25) is 9.36 Å². The summed E-state index contributed by atoms with van der Waals surface area (Å²) in [5, 5.41) is 15.3. The molecule has 0 unspecified atom stereocenters. The van der Waals surface area contributed by atoms with E-state index in [9.17, 15) is 22.0 Å². The van der Waals surface area contributed by atoms with Gasteiger partial charge in [0.2, 0.25) is 10.0 Å². The SMILES string of the molecule is Cc1cc(-n2c(-c3cc(F)c(S(N)(=O)=O)c(F)c3)csc2=O)ccc1C#N. The van der Waals surface area contributed by atoms with Crippen molar-refractivity contribution < 1.29 is 17.2 Å². The van der Waals surface area contributed by atoms with Crippen LogP contribution in [0.4, 0.5) is 8.78 Å². The van der Waals surface area contributed by atoms with Crippen LogP contribution in [0.1, 0.15) is 11.1 Å². The molecule has 2 aromatic carbocycles. The second-order valence-corrected chi connectivity index (χ2v) is 7.97. The highest BCUT2D eigenvalue weighted by molar-refractivity contribution is 7.89. The van der Waals surface area contributed by atoms with Crippen LogP contribution in [-0.2, 0) is 10.0 Å². The number of halogens is 2. The van der Waals surface area contributed by atoms with Crippen LogP contribution in [0.5, 0.6) is 0 Å². The highest BCUT2D eigenvalue weighted by atomic mass is 32.2. The van der Waals surface area contributed by atoms with Gasteiger partial charge in [-0.15, -0.1) is 0 Å². The zero-order chi connectivity index (χ0) is 19.9. The number of aromatic nitrogens is 1. The lowest BCUT2D eigenvalue weighted by atomic mass is 10.1. The number of nitrogens with zero attached hydrogens (tertiary/aromatic N) is 2. The summed E-state index contributed by atoms with van der Waals surface area (Å²) in [5.74, 6) is -2.71. The predicted molar refractivity (Wildman–Crippen MR) is 96.1 cm³/mol. The maximum atomic E-state index is 14.2. The Morgan fingerprint density at radius 2 is 1.81 bits per heavy atom. The number of rotatable bonds is 3. The number of hydrogen-bond donors (Lipinski definition) is 1. The first-order chi connectivity index (χ1) is 12.6. The average molecular weight is 407 g/mol. The molecule has 1 aromatic heterocycles. The molecule has 0 radical (unpaired) electrons. The van der Waals surface area contributed by atoms with E-state index in [1.165, 1.54) is 22.1 Å². The molecule has 3 rings (SSSR count). The van der Waals surface area contributed by atoms with Gasteiger partial charge in [-0.1, -0.05) is 11.3 Å². The average Bonchev–Trinajstić information content (AvgIpc) is 2.94. The van der Waals surface area contributed by atoms with E-state index < -0.39 is 31.4 Å². The summed E-state index contributed by atoms with van der Waals surface area (Å²) in [6.07, 6.45) is 0. The van der Waals surface area contributed by atoms with Crippen molar-refractivity contribution in [3.8, 4) is 23.0 Å². The summed E-state index contributed by atoms with van der Waals surface area (Å²) in [4.78, 5) is 10.6. The number of hydrogen-bond acceptors (Lipinski definition) is 5. The molecule has 2 N–H and O–H groups in total. The van der Waals surface area contributed by atoms with E-state index in [2.05, 4.69) is 0 Å². The third kappa shape index (κ3) is 3.40. The molecular weight excluding hydrogens is 396 g/mol. The molecule has 0 saturated heterocycles. The van der Waals surface area contributed by atoms with Crippen molar-refractivity contribution in [2.45, 2.75) is 11.8 Å². The Bertz CT molecular complexity index is 1250. The minimum atomic E-state index is -4.58. The van der Waals surface area contributed by atoms with Gasteiger partial charge in [-0.05, 0) is 42.8 Å². The van der Waals surface area contributed by atoms with Gasteiger partial charge in [0.1, 0.15) is 11.6 Å². The van der Waals surface area contributed by atoms with Crippen LogP contribution >= 0.6 is 11.3 Å². The fourth-order valence-corrected chi connectivity index (χ4v) is 4.07. The number of benzene rings is 2. The van der Waals surface area contributed by atoms with Crippen LogP contribution in [0.3, 0.4) is 0 Å². The molecule has 27 heavy (non-hydrogen) atoms. The van der Waals surface area contributed by atoms with Gasteiger partial charge < -0.3 is 0 Å². The molecule has 0 amide bonds. The lowest BCUT2D eigenvalue weighted by Crippen LogP contribution is -2.17. The van der Waals surface area contributed by atoms with Crippen LogP contribution < -0.4 is 10.0 Å². The fourth-order valence-electron chi connectivity index (χ4n) is 2.64. The zero-order valence-corrected chi connectivity index (χ0v) is 15.4. The Kier molecular flexibility index (Phi) is 4.69. The Hall–Kier alpha value is -2.87. The van der Waals surface area contributed by atoms with Crippen molar-refractivity contribution in [2.24, 2.45) is 5.14 Å². The standard InChI is InChI=1S/C17H11F2N3O3S2/c1-9-4-12(3-2-10(9)7-20)22-15(8-26-17(22)23)11-5-13(18)16(14(19)6-11)27(21,24)25/h2-6,8H,1H3,(H2,21,24,25). The molecule has 0 spiro atoms. The molecule has 138 valence electrons. The van der Waals surface area contributed by atoms with Gasteiger partial charge in [0.05, 0.1) is 23.0 Å². The Morgan fingerprint density at radius 3 is 2.33 bits per heavy atom. The molecule has 0 aliphatic carbocycles. The van der Waals surface area contributed by atoms with Gasteiger partial charge >= 0.3 is 4.87 Å². The number of aryl methyl sites for hydroxylation is 1. The van der Waals surface area contributed by atoms with Gasteiger partial charge in [0.15, 0.2) is 4.90 Å².